The molecule has 0 bridgehead atoms. The topological polar surface area (TPSA) is 59.9 Å². The molecular weight excluding hydrogens is 424 g/mol. The number of alkyl halides is 2. The van der Waals surface area contributed by atoms with Crippen molar-refractivity contribution >= 4 is 16.9 Å². The minimum Gasteiger partial charge on any atom is -0.466 e. The van der Waals surface area contributed by atoms with Gasteiger partial charge in [0.15, 0.2) is 0 Å². The van der Waals surface area contributed by atoms with Crippen LogP contribution in [0.4, 0.5) is 8.78 Å². The summed E-state index contributed by atoms with van der Waals surface area (Å²) in [4.78, 5) is 19.4. The van der Waals surface area contributed by atoms with Gasteiger partial charge in [-0.25, -0.2) is 13.8 Å². The predicted molar refractivity (Wildman–Crippen MR) is 122 cm³/mol. The molecule has 0 saturated carbocycles. The molecule has 4 aromatic rings. The molecule has 1 aliphatic carbocycles. The van der Waals surface area contributed by atoms with Crippen LogP contribution in [0.15, 0.2) is 61.2 Å². The Morgan fingerprint density at radius 1 is 1.21 bits per heavy atom. The highest BCUT2D eigenvalue weighted by Crippen LogP contribution is 2.47. The van der Waals surface area contributed by atoms with Gasteiger partial charge in [0.05, 0.1) is 19.4 Å². The van der Waals surface area contributed by atoms with Gasteiger partial charge in [-0.1, -0.05) is 24.3 Å². The quantitative estimate of drug-likeness (QED) is 0.382. The number of imidazole rings is 1. The molecule has 3 unspecified atom stereocenters. The van der Waals surface area contributed by atoms with Gasteiger partial charge in [0.1, 0.15) is 12.3 Å². The van der Waals surface area contributed by atoms with Crippen LogP contribution in [-0.2, 0) is 16.0 Å². The molecule has 7 heteroatoms. The first-order valence-corrected chi connectivity index (χ1v) is 11.2. The van der Waals surface area contributed by atoms with Gasteiger partial charge in [0.2, 0.25) is 0 Å². The molecule has 0 fully saturated rings. The van der Waals surface area contributed by atoms with Crippen LogP contribution >= 0.6 is 0 Å². The Morgan fingerprint density at radius 2 is 2.03 bits per heavy atom. The number of carbonyl (C=O) groups is 1. The van der Waals surface area contributed by atoms with Crippen LogP contribution in [0.2, 0.25) is 0 Å². The number of halogens is 2. The Bertz CT molecular complexity index is 1260. The minimum atomic E-state index is -1.44. The number of H-pyrrole nitrogens is 1. The summed E-state index contributed by atoms with van der Waals surface area (Å²) in [7, 11) is 0. The Labute approximate surface area is 190 Å². The van der Waals surface area contributed by atoms with Crippen molar-refractivity contribution in [3.05, 3.63) is 83.6 Å². The number of aromatic amines is 1. The lowest BCUT2D eigenvalue weighted by Gasteiger charge is -2.28. The van der Waals surface area contributed by atoms with Gasteiger partial charge in [0, 0.05) is 52.6 Å². The molecule has 0 radical (unpaired) electrons. The van der Waals surface area contributed by atoms with Crippen LogP contribution in [-0.4, -0.2) is 33.3 Å². The van der Waals surface area contributed by atoms with E-state index in [-0.39, 0.29) is 19.4 Å². The standard InChI is InChI=1S/C26H25F2N3O2/c1-2-33-23(32)13-19-20(27)14-21(28)25-24-17(4-3-5-22(24)30-26(19)25)12-16-6-8-18(9-7-16)31-11-10-29-15-31/h3-11,15,19-21,30H,2,12-14H2,1H3. The molecule has 2 aromatic heterocycles. The molecule has 2 heterocycles. The number of hydrogen-bond acceptors (Lipinski definition) is 3. The van der Waals surface area contributed by atoms with Crippen molar-refractivity contribution in [2.75, 3.05) is 6.61 Å². The zero-order valence-corrected chi connectivity index (χ0v) is 18.3. The van der Waals surface area contributed by atoms with E-state index in [9.17, 15) is 9.18 Å². The average Bonchev–Trinajstić information content (AvgIpc) is 3.46. The number of nitrogens with zero attached hydrogens (tertiary/aromatic N) is 2. The van der Waals surface area contributed by atoms with Crippen LogP contribution in [0, 0.1) is 0 Å². The number of nitrogens with one attached hydrogen (secondary N) is 1. The summed E-state index contributed by atoms with van der Waals surface area (Å²) < 4.78 is 37.0. The van der Waals surface area contributed by atoms with Crippen LogP contribution in [0.3, 0.4) is 0 Å². The Kier molecular flexibility index (Phi) is 5.70. The lowest BCUT2D eigenvalue weighted by molar-refractivity contribution is -0.144. The molecule has 33 heavy (non-hydrogen) atoms. The first-order valence-electron chi connectivity index (χ1n) is 11.2. The number of esters is 1. The van der Waals surface area contributed by atoms with Crippen LogP contribution in [0.25, 0.3) is 16.6 Å². The fourth-order valence-corrected chi connectivity index (χ4v) is 4.84. The van der Waals surface area contributed by atoms with E-state index in [0.717, 1.165) is 27.7 Å². The lowest BCUT2D eigenvalue weighted by Crippen LogP contribution is -2.26. The summed E-state index contributed by atoms with van der Waals surface area (Å²) >= 11 is 0. The summed E-state index contributed by atoms with van der Waals surface area (Å²) in [6.07, 6.45) is 2.75. The van der Waals surface area contributed by atoms with Gasteiger partial charge in [-0.3, -0.25) is 4.79 Å². The van der Waals surface area contributed by atoms with E-state index in [1.807, 2.05) is 53.2 Å². The highest BCUT2D eigenvalue weighted by atomic mass is 19.1. The summed E-state index contributed by atoms with van der Waals surface area (Å²) in [6, 6.07) is 13.9. The van der Waals surface area contributed by atoms with Gasteiger partial charge < -0.3 is 14.3 Å². The van der Waals surface area contributed by atoms with Crippen molar-refractivity contribution in [1.82, 2.24) is 14.5 Å². The molecule has 5 nitrogen and oxygen atoms in total. The van der Waals surface area contributed by atoms with E-state index >= 15 is 4.39 Å². The smallest absolute Gasteiger partial charge is 0.306 e. The number of benzene rings is 2. The zero-order valence-electron chi connectivity index (χ0n) is 18.3. The van der Waals surface area contributed by atoms with Gasteiger partial charge in [0.25, 0.3) is 0 Å². The zero-order chi connectivity index (χ0) is 22.9. The van der Waals surface area contributed by atoms with Crippen LogP contribution in [0.5, 0.6) is 0 Å². The number of ether oxygens (including phenoxy) is 1. The van der Waals surface area contributed by atoms with Crippen LogP contribution < -0.4 is 0 Å². The summed E-state index contributed by atoms with van der Waals surface area (Å²) in [5, 5.41) is 0.791. The second-order valence-electron chi connectivity index (χ2n) is 8.44. The Balaban J connectivity index is 1.50. The molecule has 1 N–H and O–H groups in total. The van der Waals surface area contributed by atoms with Crippen molar-refractivity contribution in [3.8, 4) is 5.69 Å². The van der Waals surface area contributed by atoms with Crippen LogP contribution in [0.1, 0.15) is 54.2 Å². The SMILES string of the molecule is CCOC(=O)CC1c2[nH]c3cccc(Cc4ccc(-n5ccnc5)cc4)c3c2C(F)CC1F. The van der Waals surface area contributed by atoms with E-state index < -0.39 is 24.2 Å². The van der Waals surface area contributed by atoms with Crippen molar-refractivity contribution in [2.45, 2.75) is 44.4 Å². The molecule has 5 rings (SSSR count). The van der Waals surface area contributed by atoms with E-state index in [1.54, 1.807) is 19.4 Å². The first kappa shape index (κ1) is 21.4. The maximum absolute atomic E-state index is 15.2. The van der Waals surface area contributed by atoms with Gasteiger partial charge >= 0.3 is 5.97 Å². The van der Waals surface area contributed by atoms with E-state index in [4.69, 9.17) is 4.74 Å². The van der Waals surface area contributed by atoms with Gasteiger partial charge in [-0.05, 0) is 42.7 Å². The predicted octanol–water partition coefficient (Wildman–Crippen LogP) is 5.73. The minimum absolute atomic E-state index is 0.105. The molecule has 1 aliphatic rings. The Morgan fingerprint density at radius 3 is 2.76 bits per heavy atom. The normalized spacial score (nSPS) is 20.0. The molecule has 170 valence electrons. The van der Waals surface area contributed by atoms with Crippen molar-refractivity contribution in [2.24, 2.45) is 0 Å². The first-order chi connectivity index (χ1) is 16.0. The highest BCUT2D eigenvalue weighted by Gasteiger charge is 2.39. The average molecular weight is 450 g/mol. The molecular formula is C26H25F2N3O2. The second-order valence-corrected chi connectivity index (χ2v) is 8.44. The summed E-state index contributed by atoms with van der Waals surface area (Å²) in [5.74, 6) is -1.20. The van der Waals surface area contributed by atoms with E-state index in [2.05, 4.69) is 9.97 Å². The van der Waals surface area contributed by atoms with Crippen molar-refractivity contribution < 1.29 is 18.3 Å². The maximum atomic E-state index is 15.2. The van der Waals surface area contributed by atoms with Crippen molar-refractivity contribution in [3.63, 3.8) is 0 Å². The van der Waals surface area contributed by atoms with E-state index in [1.165, 1.54) is 0 Å². The Hall–Kier alpha value is -3.48. The number of hydrogen-bond donors (Lipinski definition) is 1. The van der Waals surface area contributed by atoms with Gasteiger partial charge in [-0.15, -0.1) is 0 Å². The number of fused-ring (bicyclic) bond motifs is 3. The maximum Gasteiger partial charge on any atom is 0.306 e. The van der Waals surface area contributed by atoms with Gasteiger partial charge in [-0.2, -0.15) is 0 Å². The number of rotatable bonds is 6. The van der Waals surface area contributed by atoms with Crippen molar-refractivity contribution in [1.29, 1.82) is 0 Å². The molecule has 0 spiro atoms. The molecule has 3 atom stereocenters. The summed E-state index contributed by atoms with van der Waals surface area (Å²) in [5.41, 5.74) is 4.78. The van der Waals surface area contributed by atoms with E-state index in [0.29, 0.717) is 17.7 Å². The lowest BCUT2D eigenvalue weighted by atomic mass is 9.81. The molecule has 2 aromatic carbocycles. The highest BCUT2D eigenvalue weighted by molar-refractivity contribution is 5.89. The summed E-state index contributed by atoms with van der Waals surface area (Å²) in [6.45, 7) is 1.95. The third-order valence-corrected chi connectivity index (χ3v) is 6.36. The monoisotopic (exact) mass is 449 g/mol. The third-order valence-electron chi connectivity index (χ3n) is 6.36. The molecule has 0 aliphatic heterocycles. The second kappa shape index (κ2) is 8.81. The molecule has 0 amide bonds. The largest absolute Gasteiger partial charge is 0.466 e. The number of aromatic nitrogens is 3. The third kappa shape index (κ3) is 4.03. The molecule has 0 saturated heterocycles. The fourth-order valence-electron chi connectivity index (χ4n) is 4.84. The fraction of sp³-hybridized carbons (Fsp3) is 0.308. The number of carbonyl (C=O) groups excluding carboxylic acids is 1.